The maximum absolute atomic E-state index is 12.1. The number of nitrogens with two attached hydrogens (primary N) is 1. The molecule has 0 aliphatic carbocycles. The number of benzene rings is 2. The van der Waals surface area contributed by atoms with Crippen molar-refractivity contribution in [1.82, 2.24) is 5.16 Å². The molecule has 0 spiro atoms. The fourth-order valence-corrected chi connectivity index (χ4v) is 3.16. The number of ketones is 1. The van der Waals surface area contributed by atoms with Crippen molar-refractivity contribution < 1.29 is 24.0 Å². The first-order valence-corrected chi connectivity index (χ1v) is 10.3. The van der Waals surface area contributed by atoms with Gasteiger partial charge in [-0.15, -0.1) is 0 Å². The quantitative estimate of drug-likeness (QED) is 0.458. The highest BCUT2D eigenvalue weighted by Crippen LogP contribution is 2.26. The average molecular weight is 434 g/mol. The van der Waals surface area contributed by atoms with Crippen LogP contribution >= 0.6 is 0 Å². The number of hydrogen-bond donors (Lipinski definition) is 2. The van der Waals surface area contributed by atoms with Gasteiger partial charge in [-0.1, -0.05) is 60.6 Å². The molecule has 0 aliphatic heterocycles. The van der Waals surface area contributed by atoms with Crippen molar-refractivity contribution in [2.45, 2.75) is 32.9 Å². The van der Waals surface area contributed by atoms with Crippen molar-refractivity contribution >= 4 is 17.8 Å². The van der Waals surface area contributed by atoms with Gasteiger partial charge >= 0.3 is 5.97 Å². The Hall–Kier alpha value is -3.71. The molecule has 3 N–H and O–H groups in total. The summed E-state index contributed by atoms with van der Waals surface area (Å²) in [5, 5.41) is 13.1. The molecule has 0 amide bonds. The van der Waals surface area contributed by atoms with E-state index in [1.807, 2.05) is 61.5 Å². The van der Waals surface area contributed by atoms with E-state index in [1.54, 1.807) is 13.0 Å². The smallest absolute Gasteiger partial charge is 0.320 e. The van der Waals surface area contributed by atoms with E-state index in [4.69, 9.17) is 20.1 Å². The molecule has 0 saturated carbocycles. The zero-order chi connectivity index (χ0) is 23.1. The van der Waals surface area contributed by atoms with Crippen LogP contribution in [0.1, 0.15) is 30.2 Å². The first-order chi connectivity index (χ1) is 15.3. The molecule has 2 aromatic carbocycles. The summed E-state index contributed by atoms with van der Waals surface area (Å²) in [4.78, 5) is 23.0. The minimum absolute atomic E-state index is 0.0764. The summed E-state index contributed by atoms with van der Waals surface area (Å²) >= 11 is 0. The van der Waals surface area contributed by atoms with Crippen LogP contribution in [0.4, 0.5) is 0 Å². The minimum atomic E-state index is -1.11. The van der Waals surface area contributed by atoms with Crippen LogP contribution in [-0.4, -0.2) is 28.1 Å². The third-order valence-electron chi connectivity index (χ3n) is 5.18. The van der Waals surface area contributed by atoms with Crippen molar-refractivity contribution in [3.8, 4) is 17.0 Å². The van der Waals surface area contributed by atoms with Gasteiger partial charge in [-0.05, 0) is 36.6 Å². The molecule has 3 aromatic rings. The number of aryl methyl sites for hydroxylation is 1. The molecule has 0 aliphatic rings. The first-order valence-electron chi connectivity index (χ1n) is 10.3. The van der Waals surface area contributed by atoms with Gasteiger partial charge in [0.05, 0.1) is 5.56 Å². The van der Waals surface area contributed by atoms with Gasteiger partial charge in [-0.25, -0.2) is 0 Å². The van der Waals surface area contributed by atoms with Gasteiger partial charge in [0.15, 0.2) is 5.78 Å². The number of hydrogen-bond acceptors (Lipinski definition) is 6. The van der Waals surface area contributed by atoms with Gasteiger partial charge in [-0.2, -0.15) is 0 Å². The Morgan fingerprint density at radius 1 is 1.16 bits per heavy atom. The zero-order valence-corrected chi connectivity index (χ0v) is 18.0. The Balaban J connectivity index is 1.58. The van der Waals surface area contributed by atoms with Gasteiger partial charge in [-0.3, -0.25) is 9.59 Å². The predicted molar refractivity (Wildman–Crippen MR) is 121 cm³/mol. The number of rotatable bonds is 10. The van der Waals surface area contributed by atoms with Crippen molar-refractivity contribution in [3.05, 3.63) is 77.6 Å². The summed E-state index contributed by atoms with van der Waals surface area (Å²) in [7, 11) is 0. The lowest BCUT2D eigenvalue weighted by Gasteiger charge is -2.13. The molecule has 0 bridgehead atoms. The van der Waals surface area contributed by atoms with Crippen LogP contribution in [-0.2, 0) is 16.2 Å². The Morgan fingerprint density at radius 2 is 1.84 bits per heavy atom. The standard InChI is InChI=1S/C25H26N2O5/c1-16(23(26)25(29)30)14-20(28)11-8-18-9-12-21(13-10-18)31-15-22-17(2)32-27-24(22)19-6-4-3-5-7-19/h3-13,16,23H,14-15,26H2,1-2H3,(H,29,30)/t16?,23-/m0/s1. The minimum Gasteiger partial charge on any atom is -0.489 e. The summed E-state index contributed by atoms with van der Waals surface area (Å²) < 4.78 is 11.3. The number of aliphatic carboxylic acids is 1. The first kappa shape index (κ1) is 23.0. The second-order valence-electron chi connectivity index (χ2n) is 7.63. The molecule has 0 saturated heterocycles. The van der Waals surface area contributed by atoms with Gasteiger partial charge in [0.1, 0.15) is 29.9 Å². The molecular weight excluding hydrogens is 408 g/mol. The summed E-state index contributed by atoms with van der Waals surface area (Å²) in [6.45, 7) is 3.82. The number of allylic oxidation sites excluding steroid dienone is 1. The third-order valence-corrected chi connectivity index (χ3v) is 5.18. The van der Waals surface area contributed by atoms with Gasteiger partial charge in [0.2, 0.25) is 0 Å². The molecular formula is C25H26N2O5. The lowest BCUT2D eigenvalue weighted by Crippen LogP contribution is -2.37. The molecule has 1 unspecified atom stereocenters. The fraction of sp³-hybridized carbons (Fsp3) is 0.240. The Kier molecular flexibility index (Phi) is 7.57. The molecule has 32 heavy (non-hydrogen) atoms. The van der Waals surface area contributed by atoms with E-state index in [0.717, 1.165) is 22.4 Å². The Bertz CT molecular complexity index is 1090. The number of nitrogens with zero attached hydrogens (tertiary/aromatic N) is 1. The largest absolute Gasteiger partial charge is 0.489 e. The Labute approximate surface area is 186 Å². The van der Waals surface area contributed by atoms with E-state index in [1.165, 1.54) is 6.08 Å². The normalized spacial score (nSPS) is 13.1. The highest BCUT2D eigenvalue weighted by Gasteiger charge is 2.21. The molecule has 3 rings (SSSR count). The summed E-state index contributed by atoms with van der Waals surface area (Å²) in [5.74, 6) is -0.344. The maximum Gasteiger partial charge on any atom is 0.320 e. The van der Waals surface area contributed by atoms with E-state index in [-0.39, 0.29) is 12.2 Å². The number of carboxylic acid groups (broad SMARTS) is 1. The maximum atomic E-state index is 12.1. The molecule has 7 heteroatoms. The second-order valence-corrected chi connectivity index (χ2v) is 7.63. The number of ether oxygens (including phenoxy) is 1. The summed E-state index contributed by atoms with van der Waals surface area (Å²) in [6, 6.07) is 16.0. The summed E-state index contributed by atoms with van der Waals surface area (Å²) in [6.07, 6.45) is 3.20. The van der Waals surface area contributed by atoms with Crippen molar-refractivity contribution in [2.75, 3.05) is 0 Å². The van der Waals surface area contributed by atoms with E-state index >= 15 is 0 Å². The SMILES string of the molecule is Cc1onc(-c2ccccc2)c1COc1ccc(C=CC(=O)CC(C)[C@H](N)C(=O)O)cc1. The highest BCUT2D eigenvalue weighted by atomic mass is 16.5. The molecule has 2 atom stereocenters. The number of carbonyl (C=O) groups is 2. The monoisotopic (exact) mass is 434 g/mol. The third kappa shape index (κ3) is 5.92. The van der Waals surface area contributed by atoms with Gasteiger partial charge in [0, 0.05) is 12.0 Å². The van der Waals surface area contributed by atoms with Crippen LogP contribution in [0.25, 0.3) is 17.3 Å². The molecule has 0 fully saturated rings. The van der Waals surface area contributed by atoms with Gasteiger partial charge < -0.3 is 20.1 Å². The molecule has 1 heterocycles. The lowest BCUT2D eigenvalue weighted by molar-refractivity contribution is -0.139. The fourth-order valence-electron chi connectivity index (χ4n) is 3.16. The van der Waals surface area contributed by atoms with E-state index < -0.39 is 17.9 Å². The molecule has 1 aromatic heterocycles. The zero-order valence-electron chi connectivity index (χ0n) is 18.0. The van der Waals surface area contributed by atoms with E-state index in [2.05, 4.69) is 5.16 Å². The second kappa shape index (κ2) is 10.5. The topological polar surface area (TPSA) is 116 Å². The Morgan fingerprint density at radius 3 is 2.50 bits per heavy atom. The van der Waals surface area contributed by atoms with Crippen LogP contribution in [0.2, 0.25) is 0 Å². The molecule has 7 nitrogen and oxygen atoms in total. The van der Waals surface area contributed by atoms with E-state index in [9.17, 15) is 9.59 Å². The average Bonchev–Trinajstić information content (AvgIpc) is 3.17. The van der Waals surface area contributed by atoms with Gasteiger partial charge in [0.25, 0.3) is 0 Å². The molecule has 0 radical (unpaired) electrons. The lowest BCUT2D eigenvalue weighted by atomic mass is 9.96. The van der Waals surface area contributed by atoms with Crippen molar-refractivity contribution in [1.29, 1.82) is 0 Å². The number of aromatic nitrogens is 1. The van der Waals surface area contributed by atoms with Crippen LogP contribution in [0.5, 0.6) is 5.75 Å². The van der Waals surface area contributed by atoms with E-state index in [0.29, 0.717) is 18.1 Å². The number of carbonyl (C=O) groups excluding carboxylic acids is 1. The van der Waals surface area contributed by atoms with Crippen molar-refractivity contribution in [3.63, 3.8) is 0 Å². The van der Waals surface area contributed by atoms with Crippen LogP contribution < -0.4 is 10.5 Å². The van der Waals surface area contributed by atoms with Crippen LogP contribution in [0.3, 0.4) is 0 Å². The summed E-state index contributed by atoms with van der Waals surface area (Å²) in [5.41, 5.74) is 8.99. The predicted octanol–water partition coefficient (Wildman–Crippen LogP) is 4.25. The van der Waals surface area contributed by atoms with Crippen LogP contribution in [0, 0.1) is 12.8 Å². The number of carboxylic acids is 1. The molecule has 166 valence electrons. The highest BCUT2D eigenvalue weighted by molar-refractivity contribution is 5.94. The van der Waals surface area contributed by atoms with Crippen LogP contribution in [0.15, 0.2) is 65.2 Å². The van der Waals surface area contributed by atoms with Crippen molar-refractivity contribution in [2.24, 2.45) is 11.7 Å².